The molecule has 0 fully saturated rings. The molecule has 5 heteroatoms. The van der Waals surface area contributed by atoms with E-state index in [1.165, 1.54) is 6.08 Å². The molecule has 0 aliphatic heterocycles. The zero-order chi connectivity index (χ0) is 10.1. The van der Waals surface area contributed by atoms with Gasteiger partial charge in [0.15, 0.2) is 0 Å². The van der Waals surface area contributed by atoms with Crippen molar-refractivity contribution in [3.05, 3.63) is 23.3 Å². The predicted molar refractivity (Wildman–Crippen MR) is 53.5 cm³/mol. The molecule has 72 valence electrons. The highest BCUT2D eigenvalue weighted by Gasteiger charge is 2.42. The molecule has 0 spiro atoms. The van der Waals surface area contributed by atoms with E-state index in [2.05, 4.69) is 0 Å². The highest BCUT2D eigenvalue weighted by atomic mass is 35.5. The topological polar surface area (TPSA) is 37.3 Å². The average molecular weight is 242 g/mol. The summed E-state index contributed by atoms with van der Waals surface area (Å²) >= 11 is 17.3. The van der Waals surface area contributed by atoms with Crippen molar-refractivity contribution in [2.45, 2.75) is 4.87 Å². The Labute approximate surface area is 90.8 Å². The Bertz CT molecular complexity index is 285. The maximum Gasteiger partial charge on any atom is 0.314 e. The van der Waals surface area contributed by atoms with Crippen LogP contribution in [0, 0.1) is 5.92 Å². The quantitative estimate of drug-likeness (QED) is 0.755. The van der Waals surface area contributed by atoms with Gasteiger partial charge in [-0.2, -0.15) is 0 Å². The smallest absolute Gasteiger partial charge is 0.314 e. The van der Waals surface area contributed by atoms with Crippen LogP contribution < -0.4 is 0 Å². The van der Waals surface area contributed by atoms with E-state index in [-0.39, 0.29) is 10.9 Å². The highest BCUT2D eigenvalue weighted by Crippen LogP contribution is 2.38. The molecule has 0 amide bonds. The van der Waals surface area contributed by atoms with Crippen molar-refractivity contribution in [3.63, 3.8) is 0 Å². The molecule has 1 aliphatic rings. The normalized spacial score (nSPS) is 32.8. The number of carbonyl (C=O) groups is 1. The summed E-state index contributed by atoms with van der Waals surface area (Å²) in [7, 11) is 0. The number of allylic oxidation sites excluding steroid dienone is 3. The van der Waals surface area contributed by atoms with Gasteiger partial charge in [0.25, 0.3) is 0 Å². The molecule has 1 N–H and O–H groups in total. The summed E-state index contributed by atoms with van der Waals surface area (Å²) in [5.74, 6) is -2.02. The van der Waals surface area contributed by atoms with Crippen LogP contribution >= 0.6 is 34.8 Å². The summed E-state index contributed by atoms with van der Waals surface area (Å²) in [6, 6.07) is 0. The van der Waals surface area contributed by atoms with Crippen LogP contribution in [0.2, 0.25) is 0 Å². The SMILES string of the molecule is O=C(O)C1C(Cl)=CC=CC1(Cl)CCl. The van der Waals surface area contributed by atoms with E-state index in [4.69, 9.17) is 39.9 Å². The molecule has 0 saturated carbocycles. The first-order valence-corrected chi connectivity index (χ1v) is 4.83. The van der Waals surface area contributed by atoms with Gasteiger partial charge in [-0.1, -0.05) is 23.8 Å². The number of carboxylic acid groups (broad SMARTS) is 1. The van der Waals surface area contributed by atoms with Gasteiger partial charge >= 0.3 is 5.97 Å². The van der Waals surface area contributed by atoms with Crippen molar-refractivity contribution >= 4 is 40.8 Å². The third-order valence-corrected chi connectivity index (χ3v) is 3.24. The lowest BCUT2D eigenvalue weighted by molar-refractivity contribution is -0.140. The molecule has 1 aliphatic carbocycles. The van der Waals surface area contributed by atoms with Gasteiger partial charge in [0.05, 0.1) is 4.87 Å². The maximum atomic E-state index is 10.8. The fraction of sp³-hybridized carbons (Fsp3) is 0.375. The second kappa shape index (κ2) is 3.91. The zero-order valence-electron chi connectivity index (χ0n) is 6.51. The molecule has 1 rings (SSSR count). The fourth-order valence-corrected chi connectivity index (χ4v) is 2.11. The molecule has 0 aromatic rings. The molecule has 0 aromatic carbocycles. The van der Waals surface area contributed by atoms with Crippen molar-refractivity contribution in [2.75, 3.05) is 5.88 Å². The Hall–Kier alpha value is -0.180. The lowest BCUT2D eigenvalue weighted by Gasteiger charge is -2.29. The molecule has 0 aromatic heterocycles. The third-order valence-electron chi connectivity index (χ3n) is 1.84. The lowest BCUT2D eigenvalue weighted by Crippen LogP contribution is -2.39. The largest absolute Gasteiger partial charge is 0.481 e. The number of hydrogen-bond acceptors (Lipinski definition) is 1. The number of aliphatic carboxylic acids is 1. The molecule has 0 heterocycles. The van der Waals surface area contributed by atoms with E-state index in [0.29, 0.717) is 0 Å². The van der Waals surface area contributed by atoms with Gasteiger partial charge in [0.2, 0.25) is 0 Å². The first-order valence-electron chi connectivity index (χ1n) is 3.54. The van der Waals surface area contributed by atoms with E-state index in [1.54, 1.807) is 12.2 Å². The molecule has 0 bridgehead atoms. The lowest BCUT2D eigenvalue weighted by atomic mass is 9.89. The number of alkyl halides is 2. The van der Waals surface area contributed by atoms with Gasteiger partial charge in [0, 0.05) is 10.9 Å². The predicted octanol–water partition coefficient (Wildman–Crippen LogP) is 2.60. The minimum atomic E-state index is -1.11. The second-order valence-electron chi connectivity index (χ2n) is 2.74. The summed E-state index contributed by atoms with van der Waals surface area (Å²) in [5, 5.41) is 9.07. The fourth-order valence-electron chi connectivity index (χ4n) is 1.17. The van der Waals surface area contributed by atoms with Crippen molar-refractivity contribution in [1.29, 1.82) is 0 Å². The number of carboxylic acids is 1. The van der Waals surface area contributed by atoms with Crippen LogP contribution in [0.15, 0.2) is 23.3 Å². The van der Waals surface area contributed by atoms with Gasteiger partial charge in [-0.25, -0.2) is 0 Å². The molecule has 2 nitrogen and oxygen atoms in total. The molecular weight excluding hydrogens is 234 g/mol. The average Bonchev–Trinajstić information content (AvgIpc) is 2.03. The zero-order valence-corrected chi connectivity index (χ0v) is 8.77. The van der Waals surface area contributed by atoms with Crippen LogP contribution in [-0.2, 0) is 4.79 Å². The maximum absolute atomic E-state index is 10.8. The Morgan fingerprint density at radius 2 is 2.31 bits per heavy atom. The van der Waals surface area contributed by atoms with Crippen molar-refractivity contribution in [3.8, 4) is 0 Å². The summed E-state index contributed by atoms with van der Waals surface area (Å²) in [6.45, 7) is 0. The minimum absolute atomic E-state index is 0.00603. The Morgan fingerprint density at radius 3 is 2.69 bits per heavy atom. The molecule has 13 heavy (non-hydrogen) atoms. The first kappa shape index (κ1) is 10.9. The highest BCUT2D eigenvalue weighted by molar-refractivity contribution is 6.37. The van der Waals surface area contributed by atoms with E-state index in [9.17, 15) is 4.79 Å². The molecular formula is C8H7Cl3O2. The summed E-state index contributed by atoms with van der Waals surface area (Å²) in [4.78, 5) is 9.73. The van der Waals surface area contributed by atoms with Crippen molar-refractivity contribution < 1.29 is 9.90 Å². The molecule has 0 radical (unpaired) electrons. The minimum Gasteiger partial charge on any atom is -0.481 e. The monoisotopic (exact) mass is 240 g/mol. The van der Waals surface area contributed by atoms with Crippen LogP contribution in [-0.4, -0.2) is 21.8 Å². The van der Waals surface area contributed by atoms with Crippen molar-refractivity contribution in [1.82, 2.24) is 0 Å². The Balaban J connectivity index is 3.06. The van der Waals surface area contributed by atoms with Gasteiger partial charge < -0.3 is 5.11 Å². The molecule has 2 atom stereocenters. The van der Waals surface area contributed by atoms with E-state index >= 15 is 0 Å². The number of halogens is 3. The van der Waals surface area contributed by atoms with Crippen LogP contribution in [0.4, 0.5) is 0 Å². The van der Waals surface area contributed by atoms with Gasteiger partial charge in [-0.05, 0) is 6.08 Å². The first-order chi connectivity index (χ1) is 6.01. The Morgan fingerprint density at radius 1 is 1.69 bits per heavy atom. The van der Waals surface area contributed by atoms with E-state index < -0.39 is 16.8 Å². The van der Waals surface area contributed by atoms with Crippen LogP contribution in [0.5, 0.6) is 0 Å². The summed E-state index contributed by atoms with van der Waals surface area (Å²) in [6.07, 6.45) is 4.66. The third kappa shape index (κ3) is 2.01. The van der Waals surface area contributed by atoms with E-state index in [1.807, 2.05) is 0 Å². The van der Waals surface area contributed by atoms with Crippen LogP contribution in [0.25, 0.3) is 0 Å². The Kier molecular flexibility index (Phi) is 3.28. The van der Waals surface area contributed by atoms with Crippen molar-refractivity contribution in [2.24, 2.45) is 5.92 Å². The molecule has 0 saturated heterocycles. The van der Waals surface area contributed by atoms with Crippen LogP contribution in [0.1, 0.15) is 0 Å². The van der Waals surface area contributed by atoms with E-state index in [0.717, 1.165) is 0 Å². The summed E-state index contributed by atoms with van der Waals surface area (Å²) in [5.41, 5.74) is 0. The second-order valence-corrected chi connectivity index (χ2v) is 4.15. The number of rotatable bonds is 2. The van der Waals surface area contributed by atoms with Gasteiger partial charge in [-0.3, -0.25) is 4.79 Å². The van der Waals surface area contributed by atoms with Crippen LogP contribution in [0.3, 0.4) is 0 Å². The summed E-state index contributed by atoms with van der Waals surface area (Å²) < 4.78 is 0. The molecule has 2 unspecified atom stereocenters. The van der Waals surface area contributed by atoms with Gasteiger partial charge in [-0.15, -0.1) is 23.2 Å². The standard InChI is InChI=1S/C8H7Cl3O2/c9-4-8(11)3-1-2-5(10)6(8)7(12)13/h1-3,6H,4H2,(H,12,13). The van der Waals surface area contributed by atoms with Gasteiger partial charge in [0.1, 0.15) is 5.92 Å². The number of hydrogen-bond donors (Lipinski definition) is 1.